The van der Waals surface area contributed by atoms with Gasteiger partial charge < -0.3 is 5.11 Å². The highest BCUT2D eigenvalue weighted by Crippen LogP contribution is 2.38. The molecular weight excluding hydrogens is 286 g/mol. The highest BCUT2D eigenvalue weighted by Gasteiger charge is 2.24. The molecule has 4 heteroatoms. The zero-order valence-corrected chi connectivity index (χ0v) is 13.9. The van der Waals surface area contributed by atoms with E-state index in [2.05, 4.69) is 30.9 Å². The van der Waals surface area contributed by atoms with E-state index in [1.165, 1.54) is 0 Å². The van der Waals surface area contributed by atoms with E-state index in [1.54, 1.807) is 12.4 Å². The fraction of sp³-hybridized carbons (Fsp3) is 0.263. The fourth-order valence-corrected chi connectivity index (χ4v) is 2.80. The number of rotatable bonds is 2. The number of hydrogen-bond donors (Lipinski definition) is 1. The maximum absolute atomic E-state index is 10.6. The van der Waals surface area contributed by atoms with Crippen molar-refractivity contribution in [1.82, 2.24) is 14.8 Å². The van der Waals surface area contributed by atoms with E-state index in [0.29, 0.717) is 5.69 Å². The van der Waals surface area contributed by atoms with Crippen molar-refractivity contribution in [2.45, 2.75) is 33.2 Å². The van der Waals surface area contributed by atoms with Crippen molar-refractivity contribution in [3.8, 4) is 28.1 Å². The highest BCUT2D eigenvalue weighted by molar-refractivity contribution is 5.84. The van der Waals surface area contributed by atoms with Crippen LogP contribution in [0.5, 0.6) is 5.75 Å². The summed E-state index contributed by atoms with van der Waals surface area (Å²) in [5.74, 6) is 0.237. The Morgan fingerprint density at radius 2 is 1.57 bits per heavy atom. The van der Waals surface area contributed by atoms with Gasteiger partial charge in [0.15, 0.2) is 5.75 Å². The molecule has 3 aromatic rings. The second kappa shape index (κ2) is 5.54. The van der Waals surface area contributed by atoms with Crippen molar-refractivity contribution in [1.29, 1.82) is 0 Å². The van der Waals surface area contributed by atoms with Gasteiger partial charge in [-0.05, 0) is 51.0 Å². The smallest absolute Gasteiger partial charge is 0.164 e. The SMILES string of the molecule is Cc1c(O)c(-c2ccccc2-c2ccncc2)nn1C(C)(C)C. The minimum absolute atomic E-state index is 0.189. The molecule has 0 amide bonds. The number of aromatic nitrogens is 3. The van der Waals surface area contributed by atoms with Gasteiger partial charge in [0.2, 0.25) is 0 Å². The van der Waals surface area contributed by atoms with Crippen molar-refractivity contribution >= 4 is 0 Å². The summed E-state index contributed by atoms with van der Waals surface area (Å²) >= 11 is 0. The van der Waals surface area contributed by atoms with Crippen LogP contribution < -0.4 is 0 Å². The van der Waals surface area contributed by atoms with Gasteiger partial charge in [-0.15, -0.1) is 0 Å². The first-order chi connectivity index (χ1) is 10.9. The molecular formula is C19H21N3O. The Hall–Kier alpha value is -2.62. The maximum Gasteiger partial charge on any atom is 0.164 e. The van der Waals surface area contributed by atoms with Crippen LogP contribution in [-0.2, 0) is 5.54 Å². The van der Waals surface area contributed by atoms with E-state index in [1.807, 2.05) is 48.0 Å². The first-order valence-corrected chi connectivity index (χ1v) is 7.68. The first-order valence-electron chi connectivity index (χ1n) is 7.68. The molecule has 1 aromatic carbocycles. The predicted octanol–water partition coefficient (Wildman–Crippen LogP) is 4.38. The van der Waals surface area contributed by atoms with Crippen molar-refractivity contribution in [3.63, 3.8) is 0 Å². The Balaban J connectivity index is 2.22. The standard InChI is InChI=1S/C19H21N3O/c1-13-18(23)17(21-22(13)19(2,3)4)16-8-6-5-7-15(16)14-9-11-20-12-10-14/h5-12,23H,1-4H3. The molecule has 0 fully saturated rings. The van der Waals surface area contributed by atoms with Gasteiger partial charge in [0.25, 0.3) is 0 Å². The van der Waals surface area contributed by atoms with Crippen LogP contribution in [0.4, 0.5) is 0 Å². The Labute approximate surface area is 136 Å². The fourth-order valence-electron chi connectivity index (χ4n) is 2.80. The van der Waals surface area contributed by atoms with Crippen LogP contribution in [0.3, 0.4) is 0 Å². The van der Waals surface area contributed by atoms with Crippen LogP contribution in [0, 0.1) is 6.92 Å². The molecule has 2 heterocycles. The molecule has 4 nitrogen and oxygen atoms in total. The van der Waals surface area contributed by atoms with Gasteiger partial charge in [-0.1, -0.05) is 24.3 Å². The highest BCUT2D eigenvalue weighted by atomic mass is 16.3. The first kappa shape index (κ1) is 15.3. The van der Waals surface area contributed by atoms with Crippen molar-refractivity contribution < 1.29 is 5.11 Å². The summed E-state index contributed by atoms with van der Waals surface area (Å²) in [6.07, 6.45) is 3.54. The monoisotopic (exact) mass is 307 g/mol. The molecule has 3 rings (SSSR count). The average molecular weight is 307 g/mol. The van der Waals surface area contributed by atoms with Crippen LogP contribution in [0.25, 0.3) is 22.4 Å². The van der Waals surface area contributed by atoms with Gasteiger partial charge in [0.1, 0.15) is 5.69 Å². The third kappa shape index (κ3) is 2.72. The second-order valence-corrected chi connectivity index (χ2v) is 6.65. The Bertz CT molecular complexity index is 830. The second-order valence-electron chi connectivity index (χ2n) is 6.65. The van der Waals surface area contributed by atoms with Gasteiger partial charge in [0, 0.05) is 18.0 Å². The van der Waals surface area contributed by atoms with E-state index >= 15 is 0 Å². The molecule has 0 radical (unpaired) electrons. The molecule has 0 saturated carbocycles. The number of benzene rings is 1. The van der Waals surface area contributed by atoms with Gasteiger partial charge >= 0.3 is 0 Å². The van der Waals surface area contributed by atoms with Gasteiger partial charge in [-0.2, -0.15) is 5.10 Å². The lowest BCUT2D eigenvalue weighted by molar-refractivity contribution is 0.345. The largest absolute Gasteiger partial charge is 0.504 e. The van der Waals surface area contributed by atoms with Crippen molar-refractivity contribution in [2.75, 3.05) is 0 Å². The third-order valence-corrected chi connectivity index (χ3v) is 3.89. The minimum atomic E-state index is -0.189. The molecule has 0 bridgehead atoms. The molecule has 1 N–H and O–H groups in total. The lowest BCUT2D eigenvalue weighted by Gasteiger charge is -2.20. The molecule has 118 valence electrons. The van der Waals surface area contributed by atoms with E-state index in [0.717, 1.165) is 22.4 Å². The maximum atomic E-state index is 10.6. The van der Waals surface area contributed by atoms with Crippen LogP contribution in [0.2, 0.25) is 0 Å². The molecule has 0 aliphatic carbocycles. The number of aromatic hydroxyl groups is 1. The molecule has 0 aliphatic rings. The average Bonchev–Trinajstić information content (AvgIpc) is 2.84. The predicted molar refractivity (Wildman–Crippen MR) is 92.3 cm³/mol. The lowest BCUT2D eigenvalue weighted by Crippen LogP contribution is -2.24. The van der Waals surface area contributed by atoms with E-state index in [-0.39, 0.29) is 11.3 Å². The summed E-state index contributed by atoms with van der Waals surface area (Å²) in [5.41, 5.74) is 4.21. The van der Waals surface area contributed by atoms with Crippen LogP contribution in [0.1, 0.15) is 26.5 Å². The van der Waals surface area contributed by atoms with Crippen molar-refractivity contribution in [2.24, 2.45) is 0 Å². The lowest BCUT2D eigenvalue weighted by atomic mass is 9.98. The summed E-state index contributed by atoms with van der Waals surface area (Å²) < 4.78 is 1.88. The molecule has 0 spiro atoms. The van der Waals surface area contributed by atoms with E-state index < -0.39 is 0 Å². The number of hydrogen-bond acceptors (Lipinski definition) is 3. The van der Waals surface area contributed by atoms with E-state index in [4.69, 9.17) is 0 Å². The summed E-state index contributed by atoms with van der Waals surface area (Å²) in [5, 5.41) is 15.3. The molecule has 0 aliphatic heterocycles. The quantitative estimate of drug-likeness (QED) is 0.764. The minimum Gasteiger partial charge on any atom is -0.504 e. The van der Waals surface area contributed by atoms with Crippen LogP contribution in [-0.4, -0.2) is 19.9 Å². The van der Waals surface area contributed by atoms with Crippen LogP contribution in [0.15, 0.2) is 48.8 Å². The third-order valence-electron chi connectivity index (χ3n) is 3.89. The van der Waals surface area contributed by atoms with Gasteiger partial charge in [-0.3, -0.25) is 9.67 Å². The molecule has 0 saturated heterocycles. The topological polar surface area (TPSA) is 50.9 Å². The Morgan fingerprint density at radius 1 is 0.957 bits per heavy atom. The molecule has 23 heavy (non-hydrogen) atoms. The number of pyridine rings is 1. The van der Waals surface area contributed by atoms with Crippen LogP contribution >= 0.6 is 0 Å². The summed E-state index contributed by atoms with van der Waals surface area (Å²) in [6.45, 7) is 8.12. The molecule has 2 aromatic heterocycles. The molecule has 0 atom stereocenters. The Kier molecular flexibility index (Phi) is 3.68. The normalized spacial score (nSPS) is 11.7. The zero-order chi connectivity index (χ0) is 16.6. The number of nitrogens with zero attached hydrogens (tertiary/aromatic N) is 3. The summed E-state index contributed by atoms with van der Waals surface area (Å²) in [4.78, 5) is 4.07. The van der Waals surface area contributed by atoms with Gasteiger partial charge in [0.05, 0.1) is 11.2 Å². The van der Waals surface area contributed by atoms with Gasteiger partial charge in [-0.25, -0.2) is 0 Å². The Morgan fingerprint density at radius 3 is 2.13 bits per heavy atom. The summed E-state index contributed by atoms with van der Waals surface area (Å²) in [7, 11) is 0. The molecule has 0 unspecified atom stereocenters. The summed E-state index contributed by atoms with van der Waals surface area (Å²) in [6, 6.07) is 11.9. The zero-order valence-electron chi connectivity index (χ0n) is 13.9. The van der Waals surface area contributed by atoms with Crippen molar-refractivity contribution in [3.05, 3.63) is 54.5 Å². The van der Waals surface area contributed by atoms with E-state index in [9.17, 15) is 5.11 Å².